The predicted molar refractivity (Wildman–Crippen MR) is 127 cm³/mol. The Hall–Kier alpha value is -3.00. The lowest BCUT2D eigenvalue weighted by atomic mass is 10.1. The fraction of sp³-hybridized carbons (Fsp3) is 0.208. The van der Waals surface area contributed by atoms with E-state index in [1.165, 1.54) is 0 Å². The summed E-state index contributed by atoms with van der Waals surface area (Å²) >= 11 is 7.64. The first-order valence-electron chi connectivity index (χ1n) is 10.3. The number of halogens is 1. The van der Waals surface area contributed by atoms with Crippen molar-refractivity contribution in [2.75, 3.05) is 13.7 Å². The summed E-state index contributed by atoms with van der Waals surface area (Å²) in [5.74, 6) is 1.40. The summed E-state index contributed by atoms with van der Waals surface area (Å²) in [6.07, 6.45) is 2.66. The van der Waals surface area contributed by atoms with E-state index in [1.54, 1.807) is 30.6 Å². The van der Waals surface area contributed by atoms with Crippen LogP contribution in [0.2, 0.25) is 5.02 Å². The molecular formula is C24H21ClN4O2S. The van der Waals surface area contributed by atoms with Crippen molar-refractivity contribution < 1.29 is 4.74 Å². The van der Waals surface area contributed by atoms with E-state index in [4.69, 9.17) is 21.3 Å². The molecule has 1 aliphatic rings. The van der Waals surface area contributed by atoms with E-state index in [0.29, 0.717) is 17.4 Å². The average molecular weight is 465 g/mol. The van der Waals surface area contributed by atoms with Gasteiger partial charge < -0.3 is 9.72 Å². The number of H-pyrrole nitrogens is 1. The number of aromatic amines is 1. The molecule has 0 bridgehead atoms. The molecule has 0 unspecified atom stereocenters. The van der Waals surface area contributed by atoms with Crippen molar-refractivity contribution in [2.45, 2.75) is 19.5 Å². The molecule has 4 aromatic rings. The lowest BCUT2D eigenvalue weighted by molar-refractivity contribution is 0.244. The first kappa shape index (κ1) is 20.9. The van der Waals surface area contributed by atoms with Gasteiger partial charge in [0.05, 0.1) is 18.4 Å². The molecule has 2 aromatic heterocycles. The molecular weight excluding hydrogens is 444 g/mol. The van der Waals surface area contributed by atoms with Gasteiger partial charge >= 0.3 is 0 Å². The molecule has 5 rings (SSSR count). The third-order valence-electron chi connectivity index (χ3n) is 5.52. The standard InChI is InChI=1S/C24H21ClN4O2S/c1-31-18-4-2-3-16(11-18)24-26-12-19(32-24)13-29-10-9-21-20(14-29)23(30)28-22(27-21)15-5-7-17(25)8-6-15/h2-8,11-12H,9-10,13-14H2,1H3,(H,27,28,30). The number of hydrogen-bond acceptors (Lipinski definition) is 6. The van der Waals surface area contributed by atoms with E-state index >= 15 is 0 Å². The largest absolute Gasteiger partial charge is 0.497 e. The smallest absolute Gasteiger partial charge is 0.255 e. The number of methoxy groups -OCH3 is 1. The van der Waals surface area contributed by atoms with Crippen LogP contribution in [0.3, 0.4) is 0 Å². The second-order valence-corrected chi connectivity index (χ2v) is 9.22. The maximum Gasteiger partial charge on any atom is 0.255 e. The van der Waals surface area contributed by atoms with E-state index in [1.807, 2.05) is 42.6 Å². The van der Waals surface area contributed by atoms with Gasteiger partial charge in [0.25, 0.3) is 5.56 Å². The Balaban J connectivity index is 1.32. The van der Waals surface area contributed by atoms with Crippen LogP contribution in [-0.4, -0.2) is 33.5 Å². The Morgan fingerprint density at radius 1 is 1.19 bits per heavy atom. The van der Waals surface area contributed by atoms with Crippen LogP contribution in [0, 0.1) is 0 Å². The minimum absolute atomic E-state index is 0.0778. The van der Waals surface area contributed by atoms with Crippen LogP contribution in [0.5, 0.6) is 5.75 Å². The average Bonchev–Trinajstić information content (AvgIpc) is 3.28. The number of nitrogens with one attached hydrogen (secondary N) is 1. The minimum atomic E-state index is -0.0778. The van der Waals surface area contributed by atoms with Crippen molar-refractivity contribution in [2.24, 2.45) is 0 Å². The number of aromatic nitrogens is 3. The number of benzene rings is 2. The third-order valence-corrected chi connectivity index (χ3v) is 6.80. The van der Waals surface area contributed by atoms with Crippen LogP contribution in [0.1, 0.15) is 16.1 Å². The molecule has 0 radical (unpaired) electrons. The summed E-state index contributed by atoms with van der Waals surface area (Å²) in [6.45, 7) is 2.17. The zero-order valence-corrected chi connectivity index (χ0v) is 19.0. The van der Waals surface area contributed by atoms with Gasteiger partial charge in [-0.05, 0) is 36.4 Å². The van der Waals surface area contributed by atoms with E-state index < -0.39 is 0 Å². The van der Waals surface area contributed by atoms with E-state index in [0.717, 1.165) is 57.5 Å². The van der Waals surface area contributed by atoms with Crippen LogP contribution < -0.4 is 10.3 Å². The van der Waals surface area contributed by atoms with Gasteiger partial charge in [0, 0.05) is 53.3 Å². The quantitative estimate of drug-likeness (QED) is 0.460. The van der Waals surface area contributed by atoms with Gasteiger partial charge in [-0.1, -0.05) is 23.7 Å². The Labute approximate surface area is 194 Å². The van der Waals surface area contributed by atoms with Crippen molar-refractivity contribution >= 4 is 22.9 Å². The topological polar surface area (TPSA) is 71.1 Å². The molecule has 1 N–H and O–H groups in total. The summed E-state index contributed by atoms with van der Waals surface area (Å²) in [4.78, 5) is 28.5. The zero-order valence-electron chi connectivity index (χ0n) is 17.5. The molecule has 6 nitrogen and oxygen atoms in total. The lowest BCUT2D eigenvalue weighted by Crippen LogP contribution is -2.35. The van der Waals surface area contributed by atoms with Crippen molar-refractivity contribution in [3.05, 3.63) is 86.2 Å². The highest BCUT2D eigenvalue weighted by atomic mass is 35.5. The van der Waals surface area contributed by atoms with Gasteiger partial charge in [0.2, 0.25) is 0 Å². The Morgan fingerprint density at radius 3 is 2.84 bits per heavy atom. The normalized spacial score (nSPS) is 13.7. The van der Waals surface area contributed by atoms with Gasteiger partial charge in [-0.15, -0.1) is 11.3 Å². The molecule has 0 amide bonds. The molecule has 8 heteroatoms. The number of rotatable bonds is 5. The van der Waals surface area contributed by atoms with Crippen LogP contribution >= 0.6 is 22.9 Å². The summed E-state index contributed by atoms with van der Waals surface area (Å²) in [7, 11) is 1.66. The first-order valence-corrected chi connectivity index (χ1v) is 11.5. The van der Waals surface area contributed by atoms with Crippen molar-refractivity contribution in [1.29, 1.82) is 0 Å². The molecule has 3 heterocycles. The molecule has 0 spiro atoms. The fourth-order valence-corrected chi connectivity index (χ4v) is 4.93. The van der Waals surface area contributed by atoms with Crippen molar-refractivity contribution in [3.63, 3.8) is 0 Å². The summed E-state index contributed by atoms with van der Waals surface area (Å²) in [5, 5.41) is 1.62. The van der Waals surface area contributed by atoms with Crippen LogP contribution in [-0.2, 0) is 19.5 Å². The molecule has 32 heavy (non-hydrogen) atoms. The second kappa shape index (κ2) is 8.86. The highest BCUT2D eigenvalue weighted by molar-refractivity contribution is 7.15. The van der Waals surface area contributed by atoms with Gasteiger partial charge in [-0.2, -0.15) is 0 Å². The summed E-state index contributed by atoms with van der Waals surface area (Å²) in [6, 6.07) is 15.2. The van der Waals surface area contributed by atoms with Crippen LogP contribution in [0.4, 0.5) is 0 Å². The Kier molecular flexibility index (Phi) is 5.78. The van der Waals surface area contributed by atoms with Gasteiger partial charge in [0.15, 0.2) is 0 Å². The zero-order chi connectivity index (χ0) is 22.1. The number of hydrogen-bond donors (Lipinski definition) is 1. The maximum atomic E-state index is 12.8. The number of fused-ring (bicyclic) bond motifs is 1. The van der Waals surface area contributed by atoms with Crippen molar-refractivity contribution in [3.8, 4) is 27.7 Å². The third kappa shape index (κ3) is 4.32. The van der Waals surface area contributed by atoms with E-state index in [-0.39, 0.29) is 5.56 Å². The molecule has 1 aliphatic heterocycles. The lowest BCUT2D eigenvalue weighted by Gasteiger charge is -2.27. The fourth-order valence-electron chi connectivity index (χ4n) is 3.85. The van der Waals surface area contributed by atoms with Gasteiger partial charge in [-0.3, -0.25) is 9.69 Å². The van der Waals surface area contributed by atoms with Crippen molar-refractivity contribution in [1.82, 2.24) is 19.9 Å². The van der Waals surface area contributed by atoms with Gasteiger partial charge in [0.1, 0.15) is 16.6 Å². The molecule has 0 atom stereocenters. The summed E-state index contributed by atoms with van der Waals surface area (Å²) < 4.78 is 5.32. The molecule has 0 saturated heterocycles. The first-order chi connectivity index (χ1) is 15.6. The number of ether oxygens (including phenoxy) is 1. The van der Waals surface area contributed by atoms with Crippen LogP contribution in [0.25, 0.3) is 22.0 Å². The highest BCUT2D eigenvalue weighted by Crippen LogP contribution is 2.29. The Morgan fingerprint density at radius 2 is 2.03 bits per heavy atom. The second-order valence-electron chi connectivity index (χ2n) is 7.67. The minimum Gasteiger partial charge on any atom is -0.497 e. The monoisotopic (exact) mass is 464 g/mol. The van der Waals surface area contributed by atoms with E-state index in [9.17, 15) is 4.79 Å². The maximum absolute atomic E-state index is 12.8. The molecule has 162 valence electrons. The van der Waals surface area contributed by atoms with Gasteiger partial charge in [-0.25, -0.2) is 9.97 Å². The Bertz CT molecular complexity index is 1320. The summed E-state index contributed by atoms with van der Waals surface area (Å²) in [5.41, 5.74) is 3.43. The van der Waals surface area contributed by atoms with Crippen LogP contribution in [0.15, 0.2) is 59.5 Å². The molecule has 0 fully saturated rings. The molecule has 0 aliphatic carbocycles. The SMILES string of the molecule is COc1cccc(-c2ncc(CN3CCc4nc(-c5ccc(Cl)cc5)[nH]c(=O)c4C3)s2)c1. The predicted octanol–water partition coefficient (Wildman–Crippen LogP) is 4.78. The highest BCUT2D eigenvalue weighted by Gasteiger charge is 2.22. The number of nitrogens with zero attached hydrogens (tertiary/aromatic N) is 3. The molecule has 2 aromatic carbocycles. The van der Waals surface area contributed by atoms with E-state index in [2.05, 4.69) is 14.9 Å². The molecule has 0 saturated carbocycles. The number of thiazole rings is 1.